The van der Waals surface area contributed by atoms with Crippen molar-refractivity contribution in [3.63, 3.8) is 0 Å². The molecule has 0 saturated heterocycles. The smallest absolute Gasteiger partial charge is 0.308 e. The molecule has 0 spiro atoms. The van der Waals surface area contributed by atoms with Crippen LogP contribution in [0.1, 0.15) is 22.8 Å². The van der Waals surface area contributed by atoms with E-state index in [0.29, 0.717) is 23.3 Å². The number of halogens is 1. The second-order valence-corrected chi connectivity index (χ2v) is 4.12. The number of benzene rings is 1. The zero-order valence-electron chi connectivity index (χ0n) is 8.83. The van der Waals surface area contributed by atoms with Gasteiger partial charge in [0, 0.05) is 40.6 Å². The van der Waals surface area contributed by atoms with Crippen LogP contribution in [0, 0.1) is 0 Å². The average Bonchev–Trinajstić information content (AvgIpc) is 2.19. The summed E-state index contributed by atoms with van der Waals surface area (Å²) in [6.45, 7) is 4.95. The maximum atomic E-state index is 11.4. The van der Waals surface area contributed by atoms with Crippen LogP contribution in [0.2, 0.25) is 0 Å². The van der Waals surface area contributed by atoms with E-state index in [2.05, 4.69) is 6.58 Å². The van der Waals surface area contributed by atoms with Gasteiger partial charge in [-0.2, -0.15) is 0 Å². The summed E-state index contributed by atoms with van der Waals surface area (Å²) >= 11 is 1.71. The van der Waals surface area contributed by atoms with E-state index in [1.54, 1.807) is 46.9 Å². The van der Waals surface area contributed by atoms with Gasteiger partial charge in [0.2, 0.25) is 3.79 Å². The predicted octanol–water partition coefficient (Wildman–Crippen LogP) is 2.92. The highest BCUT2D eigenvalue weighted by Crippen LogP contribution is 2.25. The van der Waals surface area contributed by atoms with Crippen LogP contribution in [-0.2, 0) is 11.2 Å². The molecule has 4 heteroatoms. The largest absolute Gasteiger partial charge is 0.426 e. The summed E-state index contributed by atoms with van der Waals surface area (Å²) in [4.78, 5) is 22.3. The van der Waals surface area contributed by atoms with Crippen molar-refractivity contribution in [2.24, 2.45) is 0 Å². The van der Waals surface area contributed by atoms with Gasteiger partial charge in [0.05, 0.1) is 0 Å². The fourth-order valence-electron chi connectivity index (χ4n) is 1.36. The highest BCUT2D eigenvalue weighted by molar-refractivity contribution is 14.1. The molecule has 0 heterocycles. The summed E-state index contributed by atoms with van der Waals surface area (Å²) in [5.41, 5.74) is 1.26. The third kappa shape index (κ3) is 3.16. The molecule has 0 aliphatic heterocycles. The van der Waals surface area contributed by atoms with E-state index in [1.165, 1.54) is 6.92 Å². The van der Waals surface area contributed by atoms with Gasteiger partial charge in [0.1, 0.15) is 5.75 Å². The molecule has 0 N–H and O–H groups in total. The molecular weight excluding hydrogens is 319 g/mol. The van der Waals surface area contributed by atoms with Crippen molar-refractivity contribution in [1.82, 2.24) is 0 Å². The highest BCUT2D eigenvalue weighted by Gasteiger charge is 2.13. The minimum atomic E-state index is -0.400. The maximum absolute atomic E-state index is 11.4. The lowest BCUT2D eigenvalue weighted by Crippen LogP contribution is -2.06. The lowest BCUT2D eigenvalue weighted by atomic mass is 10.0. The van der Waals surface area contributed by atoms with Gasteiger partial charge >= 0.3 is 5.97 Å². The molecule has 84 valence electrons. The molecule has 0 aromatic heterocycles. The molecule has 0 bridgehead atoms. The van der Waals surface area contributed by atoms with Gasteiger partial charge in [-0.1, -0.05) is 18.2 Å². The van der Waals surface area contributed by atoms with Crippen molar-refractivity contribution in [1.29, 1.82) is 0 Å². The first-order chi connectivity index (χ1) is 7.56. The third-order valence-corrected chi connectivity index (χ3v) is 2.53. The van der Waals surface area contributed by atoms with Crippen molar-refractivity contribution in [2.45, 2.75) is 13.3 Å². The fourth-order valence-corrected chi connectivity index (χ4v) is 1.86. The van der Waals surface area contributed by atoms with Crippen LogP contribution >= 0.6 is 22.6 Å². The number of ether oxygens (including phenoxy) is 1. The van der Waals surface area contributed by atoms with Crippen LogP contribution in [0.25, 0.3) is 0 Å². The van der Waals surface area contributed by atoms with Crippen molar-refractivity contribution in [3.8, 4) is 5.75 Å². The van der Waals surface area contributed by atoms with Crippen molar-refractivity contribution in [2.75, 3.05) is 0 Å². The number of carbonyl (C=O) groups excluding carboxylic acids is 2. The first-order valence-corrected chi connectivity index (χ1v) is 5.75. The van der Waals surface area contributed by atoms with Crippen LogP contribution in [0.4, 0.5) is 0 Å². The van der Waals surface area contributed by atoms with Crippen LogP contribution in [0.15, 0.2) is 30.9 Å². The first-order valence-electron chi connectivity index (χ1n) is 4.67. The van der Waals surface area contributed by atoms with Gasteiger partial charge in [0.15, 0.2) is 0 Å². The van der Waals surface area contributed by atoms with Crippen LogP contribution in [-0.4, -0.2) is 9.76 Å². The second-order valence-electron chi connectivity index (χ2n) is 3.14. The minimum Gasteiger partial charge on any atom is -0.426 e. The number of allylic oxidation sites excluding steroid dienone is 1. The Morgan fingerprint density at radius 2 is 2.19 bits per heavy atom. The van der Waals surface area contributed by atoms with E-state index in [-0.39, 0.29) is 3.79 Å². The maximum Gasteiger partial charge on any atom is 0.308 e. The fraction of sp³-hybridized carbons (Fsp3) is 0.167. The predicted molar refractivity (Wildman–Crippen MR) is 70.0 cm³/mol. The molecule has 1 rings (SSSR count). The summed E-state index contributed by atoms with van der Waals surface area (Å²) in [5, 5.41) is 0. The highest BCUT2D eigenvalue weighted by atomic mass is 127. The summed E-state index contributed by atoms with van der Waals surface area (Å²) < 4.78 is 4.97. The molecule has 0 saturated carbocycles. The summed E-state index contributed by atoms with van der Waals surface area (Å²) in [6, 6.07) is 5.07. The summed E-state index contributed by atoms with van der Waals surface area (Å²) in [6.07, 6.45) is 2.17. The quantitative estimate of drug-likeness (QED) is 0.280. The minimum absolute atomic E-state index is 0.0801. The van der Waals surface area contributed by atoms with Gasteiger partial charge in [-0.3, -0.25) is 9.59 Å². The van der Waals surface area contributed by atoms with E-state index in [9.17, 15) is 9.59 Å². The van der Waals surface area contributed by atoms with Gasteiger partial charge in [-0.25, -0.2) is 0 Å². The number of esters is 1. The van der Waals surface area contributed by atoms with Gasteiger partial charge in [-0.05, 0) is 12.5 Å². The Morgan fingerprint density at radius 3 is 2.69 bits per heavy atom. The number of hydrogen-bond donors (Lipinski definition) is 0. The molecule has 0 amide bonds. The Hall–Kier alpha value is -1.17. The molecule has 0 aliphatic carbocycles. The Bertz CT molecular complexity index is 438. The normalized spacial score (nSPS) is 9.62. The summed E-state index contributed by atoms with van der Waals surface area (Å²) in [5.74, 6) is 0.0262. The summed E-state index contributed by atoms with van der Waals surface area (Å²) in [7, 11) is 0. The molecule has 1 aromatic carbocycles. The second kappa shape index (κ2) is 5.79. The first kappa shape index (κ1) is 12.9. The average molecular weight is 330 g/mol. The lowest BCUT2D eigenvalue weighted by Gasteiger charge is -2.10. The van der Waals surface area contributed by atoms with Crippen molar-refractivity contribution in [3.05, 3.63) is 42.0 Å². The monoisotopic (exact) mass is 330 g/mol. The number of carbonyl (C=O) groups is 2. The third-order valence-electron chi connectivity index (χ3n) is 1.95. The molecule has 0 fully saturated rings. The Morgan fingerprint density at radius 1 is 1.50 bits per heavy atom. The van der Waals surface area contributed by atoms with E-state index in [4.69, 9.17) is 4.74 Å². The molecule has 1 aromatic rings. The molecule has 0 radical (unpaired) electrons. The van der Waals surface area contributed by atoms with E-state index < -0.39 is 5.97 Å². The molecular formula is C12H11IO3. The molecule has 0 atom stereocenters. The van der Waals surface area contributed by atoms with Crippen molar-refractivity contribution >= 4 is 32.4 Å². The lowest BCUT2D eigenvalue weighted by molar-refractivity contribution is -0.131. The number of hydrogen-bond acceptors (Lipinski definition) is 3. The zero-order chi connectivity index (χ0) is 12.1. The topological polar surface area (TPSA) is 43.4 Å². The van der Waals surface area contributed by atoms with Crippen molar-refractivity contribution < 1.29 is 14.3 Å². The SMILES string of the molecule is C=CCc1c(OC(C)=O)cccc1C(=O)I. The Kier molecular flexibility index (Phi) is 4.67. The molecule has 0 unspecified atom stereocenters. The van der Waals surface area contributed by atoms with E-state index in [1.807, 2.05) is 0 Å². The van der Waals surface area contributed by atoms with Gasteiger partial charge in [0.25, 0.3) is 0 Å². The molecule has 0 aliphatic rings. The number of rotatable bonds is 4. The molecule has 16 heavy (non-hydrogen) atoms. The van der Waals surface area contributed by atoms with Gasteiger partial charge < -0.3 is 4.74 Å². The van der Waals surface area contributed by atoms with Crippen LogP contribution < -0.4 is 4.74 Å². The Labute approximate surface area is 108 Å². The van der Waals surface area contributed by atoms with E-state index >= 15 is 0 Å². The molecule has 3 nitrogen and oxygen atoms in total. The van der Waals surface area contributed by atoms with E-state index in [0.717, 1.165) is 0 Å². The van der Waals surface area contributed by atoms with Crippen LogP contribution in [0.5, 0.6) is 5.75 Å². The van der Waals surface area contributed by atoms with Crippen LogP contribution in [0.3, 0.4) is 0 Å². The Balaban J connectivity index is 3.25. The zero-order valence-corrected chi connectivity index (χ0v) is 11.0. The van der Waals surface area contributed by atoms with Gasteiger partial charge in [-0.15, -0.1) is 6.58 Å². The standard InChI is InChI=1S/C12H11IO3/c1-3-5-9-10(12(13)15)6-4-7-11(9)16-8(2)14/h3-4,6-7H,1,5H2,2H3.